The number of hydrogen-bond acceptors (Lipinski definition) is 2. The van der Waals surface area contributed by atoms with E-state index in [0.717, 1.165) is 18.1 Å². The molecular formula is C10H12OS. The van der Waals surface area contributed by atoms with Gasteiger partial charge in [-0.15, -0.1) is 11.8 Å². The minimum atomic E-state index is 0.737. The number of ether oxygens (including phenoxy) is 1. The van der Waals surface area contributed by atoms with Gasteiger partial charge in [-0.25, -0.2) is 0 Å². The summed E-state index contributed by atoms with van der Waals surface area (Å²) in [6.07, 6.45) is 0. The largest absolute Gasteiger partial charge is 0.493 e. The van der Waals surface area contributed by atoms with E-state index in [9.17, 15) is 0 Å². The molecule has 0 fully saturated rings. The Morgan fingerprint density at radius 2 is 2.08 bits per heavy atom. The summed E-state index contributed by atoms with van der Waals surface area (Å²) in [7, 11) is 0. The SMILES string of the molecule is C=CSCCOc1ccccc1. The lowest BCUT2D eigenvalue weighted by Gasteiger charge is -2.03. The highest BCUT2D eigenvalue weighted by Crippen LogP contribution is 2.09. The molecule has 0 bridgehead atoms. The molecule has 0 aliphatic carbocycles. The fraction of sp³-hybridized carbons (Fsp3) is 0.200. The van der Waals surface area contributed by atoms with Crippen molar-refractivity contribution in [2.75, 3.05) is 12.4 Å². The first-order valence-corrected chi connectivity index (χ1v) is 4.88. The Balaban J connectivity index is 2.20. The maximum atomic E-state index is 5.44. The molecule has 64 valence electrons. The van der Waals surface area contributed by atoms with Gasteiger partial charge in [0.2, 0.25) is 0 Å². The molecule has 0 heterocycles. The van der Waals surface area contributed by atoms with Gasteiger partial charge in [0.05, 0.1) is 6.61 Å². The monoisotopic (exact) mass is 180 g/mol. The van der Waals surface area contributed by atoms with Gasteiger partial charge in [0.1, 0.15) is 5.75 Å². The molecule has 12 heavy (non-hydrogen) atoms. The summed E-state index contributed by atoms with van der Waals surface area (Å²) < 4.78 is 5.44. The van der Waals surface area contributed by atoms with Crippen LogP contribution in [0, 0.1) is 0 Å². The molecule has 2 heteroatoms. The molecule has 1 nitrogen and oxygen atoms in total. The molecule has 0 N–H and O–H groups in total. The van der Waals surface area contributed by atoms with Crippen LogP contribution in [0.1, 0.15) is 0 Å². The molecule has 0 saturated carbocycles. The second-order valence-corrected chi connectivity index (χ2v) is 3.27. The van der Waals surface area contributed by atoms with Crippen LogP contribution in [0.2, 0.25) is 0 Å². The summed E-state index contributed by atoms with van der Waals surface area (Å²) in [4.78, 5) is 0. The zero-order valence-corrected chi connectivity index (χ0v) is 7.72. The zero-order valence-electron chi connectivity index (χ0n) is 6.90. The Bertz CT molecular complexity index is 221. The summed E-state index contributed by atoms with van der Waals surface area (Å²) in [6.45, 7) is 4.35. The van der Waals surface area contributed by atoms with Gasteiger partial charge in [-0.3, -0.25) is 0 Å². The van der Waals surface area contributed by atoms with Crippen LogP contribution >= 0.6 is 11.8 Å². The Morgan fingerprint density at radius 1 is 1.33 bits per heavy atom. The molecule has 0 aliphatic rings. The second-order valence-electron chi connectivity index (χ2n) is 2.20. The Morgan fingerprint density at radius 3 is 2.75 bits per heavy atom. The Hall–Kier alpha value is -0.890. The summed E-state index contributed by atoms with van der Waals surface area (Å²) >= 11 is 1.67. The summed E-state index contributed by atoms with van der Waals surface area (Å²) in [5.41, 5.74) is 0. The highest BCUT2D eigenvalue weighted by atomic mass is 32.2. The number of thioether (sulfide) groups is 1. The van der Waals surface area contributed by atoms with Gasteiger partial charge in [0, 0.05) is 5.75 Å². The molecule has 0 spiro atoms. The van der Waals surface area contributed by atoms with E-state index in [-0.39, 0.29) is 0 Å². The summed E-state index contributed by atoms with van der Waals surface area (Å²) in [6, 6.07) is 9.83. The van der Waals surface area contributed by atoms with Crippen molar-refractivity contribution >= 4 is 11.8 Å². The number of para-hydroxylation sites is 1. The van der Waals surface area contributed by atoms with Crippen LogP contribution in [0.5, 0.6) is 5.75 Å². The van der Waals surface area contributed by atoms with Gasteiger partial charge in [0.25, 0.3) is 0 Å². The fourth-order valence-corrected chi connectivity index (χ4v) is 1.15. The highest BCUT2D eigenvalue weighted by Gasteiger charge is 1.89. The Labute approximate surface area is 77.4 Å². The van der Waals surface area contributed by atoms with E-state index in [4.69, 9.17) is 4.74 Å². The molecule has 0 aromatic heterocycles. The summed E-state index contributed by atoms with van der Waals surface area (Å²) in [5.74, 6) is 1.89. The molecule has 0 saturated heterocycles. The van der Waals surface area contributed by atoms with Crippen LogP contribution in [0.3, 0.4) is 0 Å². The van der Waals surface area contributed by atoms with E-state index >= 15 is 0 Å². The standard InChI is InChI=1S/C10H12OS/c1-2-12-9-8-11-10-6-4-3-5-7-10/h2-7H,1,8-9H2. The topological polar surface area (TPSA) is 9.23 Å². The molecule has 0 aliphatic heterocycles. The first-order valence-electron chi connectivity index (χ1n) is 3.84. The molecule has 1 rings (SSSR count). The predicted molar refractivity (Wildman–Crippen MR) is 54.6 cm³/mol. The highest BCUT2D eigenvalue weighted by molar-refractivity contribution is 8.02. The van der Waals surface area contributed by atoms with Crippen molar-refractivity contribution in [1.29, 1.82) is 0 Å². The van der Waals surface area contributed by atoms with Crippen molar-refractivity contribution in [3.05, 3.63) is 42.3 Å². The first-order chi connectivity index (χ1) is 5.93. The number of rotatable bonds is 5. The van der Waals surface area contributed by atoms with Crippen molar-refractivity contribution in [3.8, 4) is 5.75 Å². The molecule has 0 amide bonds. The van der Waals surface area contributed by atoms with Crippen molar-refractivity contribution in [2.24, 2.45) is 0 Å². The van der Waals surface area contributed by atoms with E-state index < -0.39 is 0 Å². The third-order valence-electron chi connectivity index (χ3n) is 1.33. The molecular weight excluding hydrogens is 168 g/mol. The van der Waals surface area contributed by atoms with Crippen molar-refractivity contribution in [1.82, 2.24) is 0 Å². The smallest absolute Gasteiger partial charge is 0.119 e. The molecule has 1 aromatic carbocycles. The normalized spacial score (nSPS) is 9.33. The maximum Gasteiger partial charge on any atom is 0.119 e. The van der Waals surface area contributed by atoms with Crippen LogP contribution < -0.4 is 4.74 Å². The number of benzene rings is 1. The van der Waals surface area contributed by atoms with Gasteiger partial charge in [0.15, 0.2) is 0 Å². The first kappa shape index (κ1) is 9.20. The van der Waals surface area contributed by atoms with Crippen LogP contribution in [0.15, 0.2) is 42.3 Å². The third kappa shape index (κ3) is 3.49. The molecule has 0 atom stereocenters. The zero-order chi connectivity index (χ0) is 8.65. The molecule has 1 aromatic rings. The predicted octanol–water partition coefficient (Wildman–Crippen LogP) is 2.94. The van der Waals surface area contributed by atoms with Crippen LogP contribution in [-0.4, -0.2) is 12.4 Å². The second kappa shape index (κ2) is 5.72. The molecule has 0 unspecified atom stereocenters. The lowest BCUT2D eigenvalue weighted by molar-refractivity contribution is 0.344. The van der Waals surface area contributed by atoms with Crippen molar-refractivity contribution < 1.29 is 4.74 Å². The third-order valence-corrected chi connectivity index (χ3v) is 1.97. The van der Waals surface area contributed by atoms with Crippen LogP contribution in [0.25, 0.3) is 0 Å². The lowest BCUT2D eigenvalue weighted by Crippen LogP contribution is -1.98. The van der Waals surface area contributed by atoms with Gasteiger partial charge in [-0.2, -0.15) is 0 Å². The van der Waals surface area contributed by atoms with E-state index in [1.54, 1.807) is 11.8 Å². The van der Waals surface area contributed by atoms with Crippen molar-refractivity contribution in [2.45, 2.75) is 0 Å². The Kier molecular flexibility index (Phi) is 4.39. The van der Waals surface area contributed by atoms with Crippen LogP contribution in [-0.2, 0) is 0 Å². The van der Waals surface area contributed by atoms with E-state index in [2.05, 4.69) is 6.58 Å². The van der Waals surface area contributed by atoms with Gasteiger partial charge >= 0.3 is 0 Å². The fourth-order valence-electron chi connectivity index (χ4n) is 0.808. The van der Waals surface area contributed by atoms with E-state index in [1.807, 2.05) is 35.7 Å². The quantitative estimate of drug-likeness (QED) is 0.644. The number of hydrogen-bond donors (Lipinski definition) is 0. The van der Waals surface area contributed by atoms with Gasteiger partial charge in [-0.1, -0.05) is 24.8 Å². The van der Waals surface area contributed by atoms with Crippen LogP contribution in [0.4, 0.5) is 0 Å². The minimum absolute atomic E-state index is 0.737. The van der Waals surface area contributed by atoms with Gasteiger partial charge in [-0.05, 0) is 17.5 Å². The van der Waals surface area contributed by atoms with Crippen molar-refractivity contribution in [3.63, 3.8) is 0 Å². The molecule has 0 radical (unpaired) electrons. The van der Waals surface area contributed by atoms with E-state index in [0.29, 0.717) is 0 Å². The van der Waals surface area contributed by atoms with E-state index in [1.165, 1.54) is 0 Å². The maximum absolute atomic E-state index is 5.44. The minimum Gasteiger partial charge on any atom is -0.493 e. The summed E-state index contributed by atoms with van der Waals surface area (Å²) in [5, 5.41) is 1.83. The van der Waals surface area contributed by atoms with Gasteiger partial charge < -0.3 is 4.74 Å². The average molecular weight is 180 g/mol. The lowest BCUT2D eigenvalue weighted by atomic mass is 10.3. The average Bonchev–Trinajstić information content (AvgIpc) is 2.14.